The molecule has 0 spiro atoms. The van der Waals surface area contributed by atoms with E-state index in [0.717, 1.165) is 27.6 Å². The monoisotopic (exact) mass is 350 g/mol. The van der Waals surface area contributed by atoms with Crippen molar-refractivity contribution in [3.05, 3.63) is 82.3 Å². The summed E-state index contributed by atoms with van der Waals surface area (Å²) in [6.07, 6.45) is 2.20. The maximum absolute atomic E-state index is 13.8. The van der Waals surface area contributed by atoms with E-state index in [0.29, 0.717) is 17.9 Å². The van der Waals surface area contributed by atoms with Gasteiger partial charge >= 0.3 is 0 Å². The van der Waals surface area contributed by atoms with E-state index in [4.69, 9.17) is 4.42 Å². The molecule has 0 fully saturated rings. The van der Waals surface area contributed by atoms with Gasteiger partial charge in [-0.1, -0.05) is 30.3 Å². The molecule has 5 heteroatoms. The van der Waals surface area contributed by atoms with Gasteiger partial charge in [-0.05, 0) is 30.7 Å². The van der Waals surface area contributed by atoms with E-state index in [9.17, 15) is 4.39 Å². The Labute approximate surface area is 148 Å². The first-order chi connectivity index (χ1) is 12.2. The van der Waals surface area contributed by atoms with E-state index in [-0.39, 0.29) is 5.82 Å². The molecular weight excluding hydrogens is 335 g/mol. The Balaban J connectivity index is 1.61. The van der Waals surface area contributed by atoms with Crippen LogP contribution in [0.1, 0.15) is 16.3 Å². The van der Waals surface area contributed by atoms with Crippen molar-refractivity contribution in [2.24, 2.45) is 0 Å². The first-order valence-corrected chi connectivity index (χ1v) is 8.78. The lowest BCUT2D eigenvalue weighted by molar-refractivity contribution is 0.542. The Morgan fingerprint density at radius 2 is 1.92 bits per heavy atom. The van der Waals surface area contributed by atoms with Crippen LogP contribution in [-0.2, 0) is 6.42 Å². The maximum atomic E-state index is 13.8. The minimum Gasteiger partial charge on any atom is -0.441 e. The van der Waals surface area contributed by atoms with Gasteiger partial charge in [0.2, 0.25) is 5.89 Å². The van der Waals surface area contributed by atoms with Crippen LogP contribution in [0, 0.1) is 12.7 Å². The summed E-state index contributed by atoms with van der Waals surface area (Å²) in [7, 11) is 0. The van der Waals surface area contributed by atoms with Crippen molar-refractivity contribution in [1.29, 1.82) is 0 Å². The van der Waals surface area contributed by atoms with Crippen molar-refractivity contribution in [1.82, 2.24) is 9.97 Å². The summed E-state index contributed by atoms with van der Waals surface area (Å²) in [6, 6.07) is 14.7. The molecule has 0 radical (unpaired) electrons. The van der Waals surface area contributed by atoms with Gasteiger partial charge in [0.25, 0.3) is 0 Å². The first kappa shape index (κ1) is 15.7. The van der Waals surface area contributed by atoms with Crippen molar-refractivity contribution in [3.8, 4) is 22.7 Å². The predicted octanol–water partition coefficient (Wildman–Crippen LogP) is 5.50. The van der Waals surface area contributed by atoms with Crippen LogP contribution in [0.3, 0.4) is 0 Å². The van der Waals surface area contributed by atoms with Gasteiger partial charge in [-0.15, -0.1) is 11.3 Å². The molecule has 0 N–H and O–H groups in total. The van der Waals surface area contributed by atoms with Crippen LogP contribution in [0.4, 0.5) is 4.39 Å². The number of aromatic nitrogens is 2. The van der Waals surface area contributed by atoms with Crippen LogP contribution >= 0.6 is 11.3 Å². The molecule has 0 bridgehead atoms. The van der Waals surface area contributed by atoms with Crippen LogP contribution in [0.5, 0.6) is 0 Å². The van der Waals surface area contributed by atoms with Crippen LogP contribution in [0.2, 0.25) is 0 Å². The summed E-state index contributed by atoms with van der Waals surface area (Å²) >= 11 is 1.54. The second-order valence-corrected chi connectivity index (χ2v) is 6.69. The zero-order valence-corrected chi connectivity index (χ0v) is 14.4. The first-order valence-electron chi connectivity index (χ1n) is 7.90. The van der Waals surface area contributed by atoms with Crippen LogP contribution in [-0.4, -0.2) is 9.97 Å². The number of hydrogen-bond acceptors (Lipinski definition) is 4. The molecule has 0 atom stereocenters. The Hall–Kier alpha value is -2.79. The van der Waals surface area contributed by atoms with E-state index < -0.39 is 0 Å². The highest BCUT2D eigenvalue weighted by Gasteiger charge is 2.10. The highest BCUT2D eigenvalue weighted by Crippen LogP contribution is 2.28. The smallest absolute Gasteiger partial charge is 0.226 e. The van der Waals surface area contributed by atoms with Crippen molar-refractivity contribution in [3.63, 3.8) is 0 Å². The number of benzene rings is 2. The molecule has 0 saturated carbocycles. The molecule has 3 nitrogen and oxygen atoms in total. The lowest BCUT2D eigenvalue weighted by Gasteiger charge is -2.01. The van der Waals surface area contributed by atoms with Gasteiger partial charge in [0, 0.05) is 22.9 Å². The van der Waals surface area contributed by atoms with Gasteiger partial charge in [-0.2, -0.15) is 0 Å². The average Bonchev–Trinajstić information content (AvgIpc) is 3.26. The molecule has 0 aliphatic carbocycles. The molecule has 2 aromatic heterocycles. The van der Waals surface area contributed by atoms with E-state index in [1.165, 1.54) is 17.4 Å². The van der Waals surface area contributed by atoms with Gasteiger partial charge in [-0.25, -0.2) is 14.4 Å². The molecule has 124 valence electrons. The molecule has 0 aliphatic heterocycles. The van der Waals surface area contributed by atoms with Crippen molar-refractivity contribution >= 4 is 11.3 Å². The Bertz CT molecular complexity index is 1020. The maximum Gasteiger partial charge on any atom is 0.226 e. The minimum absolute atomic E-state index is 0.194. The molecule has 2 aromatic carbocycles. The van der Waals surface area contributed by atoms with E-state index in [2.05, 4.69) is 9.97 Å². The van der Waals surface area contributed by atoms with E-state index in [1.807, 2.05) is 42.6 Å². The summed E-state index contributed by atoms with van der Waals surface area (Å²) < 4.78 is 19.4. The van der Waals surface area contributed by atoms with Crippen LogP contribution in [0.25, 0.3) is 22.7 Å². The van der Waals surface area contributed by atoms with Gasteiger partial charge < -0.3 is 4.42 Å². The fourth-order valence-electron chi connectivity index (χ4n) is 2.63. The van der Waals surface area contributed by atoms with Gasteiger partial charge in [0.15, 0.2) is 0 Å². The summed E-state index contributed by atoms with van der Waals surface area (Å²) in [6.45, 7) is 1.87. The third-order valence-corrected chi connectivity index (χ3v) is 4.73. The predicted molar refractivity (Wildman–Crippen MR) is 97.0 cm³/mol. The third-order valence-electron chi connectivity index (χ3n) is 3.88. The Morgan fingerprint density at radius 3 is 2.72 bits per heavy atom. The second-order valence-electron chi connectivity index (χ2n) is 5.75. The highest BCUT2D eigenvalue weighted by atomic mass is 32.1. The number of nitrogens with zero attached hydrogens (tertiary/aromatic N) is 2. The molecule has 0 amide bonds. The zero-order chi connectivity index (χ0) is 17.2. The third kappa shape index (κ3) is 3.37. The van der Waals surface area contributed by atoms with Gasteiger partial charge in [0.05, 0.1) is 16.9 Å². The molecule has 25 heavy (non-hydrogen) atoms. The number of halogens is 1. The number of rotatable bonds is 4. The van der Waals surface area contributed by atoms with Crippen molar-refractivity contribution in [2.75, 3.05) is 0 Å². The van der Waals surface area contributed by atoms with E-state index in [1.54, 1.807) is 18.3 Å². The number of hydrogen-bond donors (Lipinski definition) is 0. The summed E-state index contributed by atoms with van der Waals surface area (Å²) in [5.41, 5.74) is 3.44. The molecule has 0 unspecified atom stereocenters. The SMILES string of the molecule is Cc1cnc(-c2cccc(-c3csc(Cc4ccccc4F)n3)c2)o1. The summed E-state index contributed by atoms with van der Waals surface area (Å²) in [5.74, 6) is 1.18. The molecule has 0 aliphatic rings. The largest absolute Gasteiger partial charge is 0.441 e. The van der Waals surface area contributed by atoms with Crippen molar-refractivity contribution < 1.29 is 8.81 Å². The molecule has 4 rings (SSSR count). The standard InChI is InChI=1S/C20H15FN2OS/c1-13-11-22-20(24-13)16-7-4-6-15(9-16)18-12-25-19(23-18)10-14-5-2-3-8-17(14)21/h2-9,11-12H,10H2,1H3. The Morgan fingerprint density at radius 1 is 1.08 bits per heavy atom. The van der Waals surface area contributed by atoms with Gasteiger partial charge in [-0.3, -0.25) is 0 Å². The fourth-order valence-corrected chi connectivity index (χ4v) is 3.46. The Kier molecular flexibility index (Phi) is 4.15. The lowest BCUT2D eigenvalue weighted by Crippen LogP contribution is -1.91. The molecule has 0 saturated heterocycles. The highest BCUT2D eigenvalue weighted by molar-refractivity contribution is 7.10. The zero-order valence-electron chi connectivity index (χ0n) is 13.6. The second kappa shape index (κ2) is 6.61. The molecule has 4 aromatic rings. The van der Waals surface area contributed by atoms with Crippen LogP contribution < -0.4 is 0 Å². The topological polar surface area (TPSA) is 38.9 Å². The van der Waals surface area contributed by atoms with Gasteiger partial charge in [0.1, 0.15) is 11.6 Å². The average molecular weight is 350 g/mol. The summed E-state index contributed by atoms with van der Waals surface area (Å²) in [5, 5.41) is 2.88. The quantitative estimate of drug-likeness (QED) is 0.487. The molecular formula is C20H15FN2OS. The fraction of sp³-hybridized carbons (Fsp3) is 0.100. The van der Waals surface area contributed by atoms with Crippen molar-refractivity contribution in [2.45, 2.75) is 13.3 Å². The van der Waals surface area contributed by atoms with E-state index >= 15 is 0 Å². The number of aryl methyl sites for hydroxylation is 1. The lowest BCUT2D eigenvalue weighted by atomic mass is 10.1. The minimum atomic E-state index is -0.194. The normalized spacial score (nSPS) is 11.0. The number of oxazole rings is 1. The molecule has 2 heterocycles. The summed E-state index contributed by atoms with van der Waals surface area (Å²) in [4.78, 5) is 8.92. The number of thiazole rings is 1. The van der Waals surface area contributed by atoms with Crippen LogP contribution in [0.15, 0.2) is 64.5 Å².